The van der Waals surface area contributed by atoms with Crippen LogP contribution in [0.15, 0.2) is 0 Å². The van der Waals surface area contributed by atoms with Gasteiger partial charge < -0.3 is 20.8 Å². The SMILES string of the molecule is CC(C)(C)N[C@@H](CCCCNC(=O)CC[C@H](CC(=O)CCCCCCCCCCCCCCCCC(=O)O)C(=O)O)C(=O)C(C)(C)C. The van der Waals surface area contributed by atoms with Gasteiger partial charge in [0.05, 0.1) is 12.0 Å². The maximum Gasteiger partial charge on any atom is 0.306 e. The molecule has 0 aromatic rings. The number of aliphatic carboxylic acids is 2. The van der Waals surface area contributed by atoms with Crippen LogP contribution in [0, 0.1) is 11.3 Å². The summed E-state index contributed by atoms with van der Waals surface area (Å²) in [5.41, 5.74) is -0.618. The van der Waals surface area contributed by atoms with Crippen LogP contribution in [0.3, 0.4) is 0 Å². The Balaban J connectivity index is 3.99. The lowest BCUT2D eigenvalue weighted by molar-refractivity contribution is -0.144. The van der Waals surface area contributed by atoms with Crippen molar-refractivity contribution in [3.8, 4) is 0 Å². The van der Waals surface area contributed by atoms with E-state index in [4.69, 9.17) is 5.11 Å². The van der Waals surface area contributed by atoms with E-state index in [2.05, 4.69) is 10.6 Å². The van der Waals surface area contributed by atoms with Crippen LogP contribution < -0.4 is 10.6 Å². The largest absolute Gasteiger partial charge is 0.481 e. The predicted molar refractivity (Wildman–Crippen MR) is 189 cm³/mol. The van der Waals surface area contributed by atoms with Crippen molar-refractivity contribution in [2.24, 2.45) is 11.3 Å². The van der Waals surface area contributed by atoms with Gasteiger partial charge in [0.2, 0.25) is 5.91 Å². The summed E-state index contributed by atoms with van der Waals surface area (Å²) >= 11 is 0. The Morgan fingerprint density at radius 2 is 1.04 bits per heavy atom. The monoisotopic (exact) mass is 667 g/mol. The fourth-order valence-electron chi connectivity index (χ4n) is 5.82. The van der Waals surface area contributed by atoms with Crippen LogP contribution >= 0.6 is 0 Å². The first-order chi connectivity index (χ1) is 22.0. The normalized spacial score (nSPS) is 13.2. The molecule has 9 nitrogen and oxygen atoms in total. The molecular weight excluding hydrogens is 596 g/mol. The van der Waals surface area contributed by atoms with Gasteiger partial charge in [0.25, 0.3) is 0 Å². The molecule has 0 aromatic heterocycles. The first-order valence-electron chi connectivity index (χ1n) is 18.6. The van der Waals surface area contributed by atoms with E-state index in [1.807, 2.05) is 41.5 Å². The van der Waals surface area contributed by atoms with Crippen LogP contribution in [-0.2, 0) is 24.0 Å². The van der Waals surface area contributed by atoms with Crippen LogP contribution in [0.25, 0.3) is 0 Å². The van der Waals surface area contributed by atoms with Crippen molar-refractivity contribution in [3.05, 3.63) is 0 Å². The lowest BCUT2D eigenvalue weighted by Gasteiger charge is -2.31. The molecule has 274 valence electrons. The second kappa shape index (κ2) is 25.7. The highest BCUT2D eigenvalue weighted by molar-refractivity contribution is 5.88. The van der Waals surface area contributed by atoms with Crippen LogP contribution in [0.1, 0.15) is 183 Å². The number of Topliss-reactive ketones (excluding diaryl/α,β-unsaturated/α-hetero) is 2. The maximum atomic E-state index is 12.9. The summed E-state index contributed by atoms with van der Waals surface area (Å²) in [6.45, 7) is 12.4. The number of carboxylic acid groups (broad SMARTS) is 2. The number of hydrogen-bond acceptors (Lipinski definition) is 6. The minimum atomic E-state index is -1.03. The zero-order valence-corrected chi connectivity index (χ0v) is 30.9. The van der Waals surface area contributed by atoms with E-state index in [1.165, 1.54) is 44.9 Å². The van der Waals surface area contributed by atoms with Gasteiger partial charge in [-0.1, -0.05) is 97.8 Å². The van der Waals surface area contributed by atoms with Crippen molar-refractivity contribution in [3.63, 3.8) is 0 Å². The molecule has 0 aliphatic heterocycles. The number of carboxylic acids is 2. The number of rotatable bonds is 30. The highest BCUT2D eigenvalue weighted by Crippen LogP contribution is 2.21. The van der Waals surface area contributed by atoms with Crippen LogP contribution in [-0.4, -0.2) is 57.8 Å². The van der Waals surface area contributed by atoms with Crippen molar-refractivity contribution in [1.29, 1.82) is 0 Å². The third-order valence-electron chi connectivity index (χ3n) is 8.54. The van der Waals surface area contributed by atoms with Crippen molar-refractivity contribution in [2.45, 2.75) is 194 Å². The van der Waals surface area contributed by atoms with E-state index < -0.39 is 23.3 Å². The van der Waals surface area contributed by atoms with Crippen molar-refractivity contribution < 1.29 is 34.2 Å². The Labute approximate surface area is 286 Å². The molecule has 47 heavy (non-hydrogen) atoms. The molecule has 0 saturated heterocycles. The van der Waals surface area contributed by atoms with Gasteiger partial charge in [-0.2, -0.15) is 0 Å². The average molecular weight is 667 g/mol. The molecule has 9 heteroatoms. The zero-order chi connectivity index (χ0) is 35.7. The summed E-state index contributed by atoms with van der Waals surface area (Å²) in [5, 5.41) is 24.5. The van der Waals surface area contributed by atoms with E-state index >= 15 is 0 Å². The first kappa shape index (κ1) is 44.7. The Hall–Kier alpha value is -2.29. The fourth-order valence-corrected chi connectivity index (χ4v) is 5.82. The molecule has 0 aliphatic rings. The number of ketones is 2. The molecule has 1 amide bonds. The highest BCUT2D eigenvalue weighted by Gasteiger charge is 2.31. The molecule has 0 unspecified atom stereocenters. The van der Waals surface area contributed by atoms with E-state index in [-0.39, 0.29) is 54.7 Å². The minimum absolute atomic E-state index is 0.0189. The molecule has 0 aromatic carbocycles. The van der Waals surface area contributed by atoms with Gasteiger partial charge in [0.15, 0.2) is 5.78 Å². The molecule has 0 bridgehead atoms. The van der Waals surface area contributed by atoms with E-state index in [0.29, 0.717) is 19.4 Å². The lowest BCUT2D eigenvalue weighted by Crippen LogP contribution is -2.50. The predicted octanol–water partition coefficient (Wildman–Crippen LogP) is 8.41. The second-order valence-electron chi connectivity index (χ2n) is 15.6. The number of carbonyl (C=O) groups excluding carboxylic acids is 3. The standard InChI is InChI=1S/C38H70N2O7/c1-37(2,3)35(45)32(40-38(4,5)6)24-21-22-28-39-33(42)27-26-30(36(46)47)29-31(41)23-19-17-15-13-11-9-7-8-10-12-14-16-18-20-25-34(43)44/h30,32,40H,7-29H2,1-6H3,(H,39,42)(H,43,44)(H,46,47)/t30-,32+/m1/s1. The van der Waals surface area contributed by atoms with Gasteiger partial charge in [-0.25, -0.2) is 0 Å². The van der Waals surface area contributed by atoms with E-state index in [1.54, 1.807) is 0 Å². The Bertz CT molecular complexity index is 905. The molecule has 2 atom stereocenters. The van der Waals surface area contributed by atoms with E-state index in [9.17, 15) is 29.1 Å². The van der Waals surface area contributed by atoms with Gasteiger partial charge in [-0.3, -0.25) is 24.0 Å². The Morgan fingerprint density at radius 1 is 0.574 bits per heavy atom. The first-order valence-corrected chi connectivity index (χ1v) is 18.6. The van der Waals surface area contributed by atoms with Gasteiger partial charge >= 0.3 is 11.9 Å². The molecule has 4 N–H and O–H groups in total. The lowest BCUT2D eigenvalue weighted by atomic mass is 9.84. The Morgan fingerprint density at radius 3 is 1.47 bits per heavy atom. The van der Waals surface area contributed by atoms with Crippen LogP contribution in [0.4, 0.5) is 0 Å². The summed E-state index contributed by atoms with van der Waals surface area (Å²) in [6.07, 6.45) is 18.7. The minimum Gasteiger partial charge on any atom is -0.481 e. The molecule has 0 spiro atoms. The highest BCUT2D eigenvalue weighted by atomic mass is 16.4. The van der Waals surface area contributed by atoms with Crippen LogP contribution in [0.5, 0.6) is 0 Å². The summed E-state index contributed by atoms with van der Waals surface area (Å²) in [6, 6.07) is -0.244. The molecule has 0 fully saturated rings. The zero-order valence-electron chi connectivity index (χ0n) is 30.9. The van der Waals surface area contributed by atoms with Gasteiger partial charge in [-0.05, 0) is 59.3 Å². The number of amides is 1. The topological polar surface area (TPSA) is 150 Å². The second-order valence-corrected chi connectivity index (χ2v) is 15.6. The molecule has 0 radical (unpaired) electrons. The number of nitrogens with one attached hydrogen (secondary N) is 2. The summed E-state index contributed by atoms with van der Waals surface area (Å²) in [4.78, 5) is 59.9. The summed E-state index contributed by atoms with van der Waals surface area (Å²) in [7, 11) is 0. The Kier molecular flexibility index (Phi) is 24.4. The average Bonchev–Trinajstić information content (AvgIpc) is 2.96. The summed E-state index contributed by atoms with van der Waals surface area (Å²) < 4.78 is 0. The van der Waals surface area contributed by atoms with Gasteiger partial charge in [0.1, 0.15) is 5.78 Å². The maximum absolute atomic E-state index is 12.9. The number of unbranched alkanes of at least 4 members (excludes halogenated alkanes) is 14. The summed E-state index contributed by atoms with van der Waals surface area (Å²) in [5.74, 6) is -2.63. The van der Waals surface area contributed by atoms with Gasteiger partial charge in [-0.15, -0.1) is 0 Å². The van der Waals surface area contributed by atoms with Crippen molar-refractivity contribution >= 4 is 29.4 Å². The molecule has 0 heterocycles. The quantitative estimate of drug-likeness (QED) is 0.0558. The smallest absolute Gasteiger partial charge is 0.306 e. The fraction of sp³-hybridized carbons (Fsp3) is 0.868. The van der Waals surface area contributed by atoms with Crippen LogP contribution in [0.2, 0.25) is 0 Å². The van der Waals surface area contributed by atoms with Gasteiger partial charge in [0, 0.05) is 43.2 Å². The third kappa shape index (κ3) is 27.4. The molecule has 0 saturated carbocycles. The number of carbonyl (C=O) groups is 5. The molecule has 0 aliphatic carbocycles. The van der Waals surface area contributed by atoms with Crippen molar-refractivity contribution in [1.82, 2.24) is 10.6 Å². The number of hydrogen-bond donors (Lipinski definition) is 4. The molecule has 0 rings (SSSR count). The third-order valence-corrected chi connectivity index (χ3v) is 8.54. The van der Waals surface area contributed by atoms with E-state index in [0.717, 1.165) is 57.8 Å². The van der Waals surface area contributed by atoms with Crippen molar-refractivity contribution in [2.75, 3.05) is 6.54 Å². The molecular formula is C38H70N2O7.